The summed E-state index contributed by atoms with van der Waals surface area (Å²) in [4.78, 5) is 0. The lowest BCUT2D eigenvalue weighted by Gasteiger charge is -2.13. The summed E-state index contributed by atoms with van der Waals surface area (Å²) in [7, 11) is 0. The van der Waals surface area contributed by atoms with Gasteiger partial charge in [-0.05, 0) is 66.6 Å². The van der Waals surface area contributed by atoms with E-state index in [9.17, 15) is 0 Å². The van der Waals surface area contributed by atoms with Gasteiger partial charge in [0.2, 0.25) is 0 Å². The molecule has 3 aromatic rings. The summed E-state index contributed by atoms with van der Waals surface area (Å²) in [6.45, 7) is 8.71. The van der Waals surface area contributed by atoms with E-state index in [-0.39, 0.29) is 0 Å². The van der Waals surface area contributed by atoms with Crippen LogP contribution in [0.15, 0.2) is 60.7 Å². The molecule has 0 nitrogen and oxygen atoms in total. The Morgan fingerprint density at radius 3 is 1.91 bits per heavy atom. The van der Waals surface area contributed by atoms with E-state index in [0.717, 1.165) is 0 Å². The SMILES string of the molecule is Cc1ccc(-c2ccc(-c3cccc(C)c3C)c(C)c2)cc1. The third kappa shape index (κ3) is 2.69. The van der Waals surface area contributed by atoms with Crippen LogP contribution in [0.2, 0.25) is 0 Å². The molecule has 0 aliphatic carbocycles. The first-order valence-corrected chi connectivity index (χ1v) is 7.80. The topological polar surface area (TPSA) is 0 Å². The summed E-state index contributed by atoms with van der Waals surface area (Å²) in [6.07, 6.45) is 0. The van der Waals surface area contributed by atoms with Crippen LogP contribution < -0.4 is 0 Å². The summed E-state index contributed by atoms with van der Waals surface area (Å²) in [5.41, 5.74) is 10.6. The van der Waals surface area contributed by atoms with E-state index < -0.39 is 0 Å². The van der Waals surface area contributed by atoms with Crippen molar-refractivity contribution in [2.24, 2.45) is 0 Å². The van der Waals surface area contributed by atoms with E-state index >= 15 is 0 Å². The van der Waals surface area contributed by atoms with Crippen LogP contribution in [0.5, 0.6) is 0 Å². The highest BCUT2D eigenvalue weighted by molar-refractivity contribution is 5.75. The molecule has 0 atom stereocenters. The van der Waals surface area contributed by atoms with Crippen LogP contribution in [0.3, 0.4) is 0 Å². The van der Waals surface area contributed by atoms with Crippen LogP contribution >= 0.6 is 0 Å². The van der Waals surface area contributed by atoms with Gasteiger partial charge in [-0.1, -0.05) is 66.2 Å². The fourth-order valence-electron chi connectivity index (χ4n) is 2.93. The molecule has 110 valence electrons. The minimum Gasteiger partial charge on any atom is -0.0614 e. The number of aryl methyl sites for hydroxylation is 3. The zero-order valence-electron chi connectivity index (χ0n) is 13.8. The zero-order valence-corrected chi connectivity index (χ0v) is 13.8. The molecule has 0 aromatic heterocycles. The maximum Gasteiger partial charge on any atom is -0.0149 e. The monoisotopic (exact) mass is 286 g/mol. The Morgan fingerprint density at radius 2 is 1.23 bits per heavy atom. The fourth-order valence-corrected chi connectivity index (χ4v) is 2.93. The average molecular weight is 286 g/mol. The van der Waals surface area contributed by atoms with Gasteiger partial charge in [0, 0.05) is 0 Å². The Hall–Kier alpha value is -2.34. The van der Waals surface area contributed by atoms with Gasteiger partial charge in [-0.25, -0.2) is 0 Å². The lowest BCUT2D eigenvalue weighted by Crippen LogP contribution is -1.90. The number of hydrogen-bond donors (Lipinski definition) is 0. The first-order valence-electron chi connectivity index (χ1n) is 7.80. The second-order valence-corrected chi connectivity index (χ2v) is 6.14. The minimum absolute atomic E-state index is 1.28. The predicted molar refractivity (Wildman–Crippen MR) is 96.3 cm³/mol. The summed E-state index contributed by atoms with van der Waals surface area (Å²) < 4.78 is 0. The lowest BCUT2D eigenvalue weighted by molar-refractivity contribution is 1.33. The highest BCUT2D eigenvalue weighted by atomic mass is 14.1. The Labute approximate surface area is 133 Å². The van der Waals surface area contributed by atoms with Crippen molar-refractivity contribution >= 4 is 0 Å². The molecule has 0 heteroatoms. The Balaban J connectivity index is 2.06. The maximum atomic E-state index is 2.29. The molecule has 0 heterocycles. The molecule has 0 N–H and O–H groups in total. The first-order chi connectivity index (χ1) is 10.6. The van der Waals surface area contributed by atoms with Crippen molar-refractivity contribution in [1.82, 2.24) is 0 Å². The van der Waals surface area contributed by atoms with Gasteiger partial charge >= 0.3 is 0 Å². The molecular formula is C22H22. The third-order valence-corrected chi connectivity index (χ3v) is 4.51. The molecule has 3 rings (SSSR count). The number of rotatable bonds is 2. The fraction of sp³-hybridized carbons (Fsp3) is 0.182. The summed E-state index contributed by atoms with van der Waals surface area (Å²) in [6, 6.07) is 22.1. The van der Waals surface area contributed by atoms with Crippen molar-refractivity contribution in [1.29, 1.82) is 0 Å². The van der Waals surface area contributed by atoms with E-state index in [1.807, 2.05) is 0 Å². The van der Waals surface area contributed by atoms with E-state index in [1.165, 1.54) is 44.5 Å². The maximum absolute atomic E-state index is 2.29. The second kappa shape index (κ2) is 5.81. The van der Waals surface area contributed by atoms with E-state index in [1.54, 1.807) is 0 Å². The average Bonchev–Trinajstić information content (AvgIpc) is 2.51. The van der Waals surface area contributed by atoms with Crippen molar-refractivity contribution in [2.75, 3.05) is 0 Å². The molecule has 0 bridgehead atoms. The van der Waals surface area contributed by atoms with Crippen LogP contribution in [0.4, 0.5) is 0 Å². The molecule has 0 amide bonds. The van der Waals surface area contributed by atoms with Crippen LogP contribution in [0.25, 0.3) is 22.3 Å². The summed E-state index contributed by atoms with van der Waals surface area (Å²) in [5.74, 6) is 0. The summed E-state index contributed by atoms with van der Waals surface area (Å²) >= 11 is 0. The number of hydrogen-bond acceptors (Lipinski definition) is 0. The molecule has 0 unspecified atom stereocenters. The molecule has 3 aromatic carbocycles. The molecule has 0 radical (unpaired) electrons. The lowest BCUT2D eigenvalue weighted by atomic mass is 9.92. The quantitative estimate of drug-likeness (QED) is 0.522. The Morgan fingerprint density at radius 1 is 0.545 bits per heavy atom. The van der Waals surface area contributed by atoms with Gasteiger partial charge in [0.1, 0.15) is 0 Å². The van der Waals surface area contributed by atoms with Gasteiger partial charge in [-0.3, -0.25) is 0 Å². The highest BCUT2D eigenvalue weighted by Gasteiger charge is 2.08. The zero-order chi connectivity index (χ0) is 15.7. The molecule has 0 aliphatic rings. The van der Waals surface area contributed by atoms with Gasteiger partial charge in [0.05, 0.1) is 0 Å². The predicted octanol–water partition coefficient (Wildman–Crippen LogP) is 6.25. The second-order valence-electron chi connectivity index (χ2n) is 6.14. The van der Waals surface area contributed by atoms with Gasteiger partial charge in [-0.15, -0.1) is 0 Å². The van der Waals surface area contributed by atoms with E-state index in [0.29, 0.717) is 0 Å². The van der Waals surface area contributed by atoms with Gasteiger partial charge in [-0.2, -0.15) is 0 Å². The smallest absolute Gasteiger partial charge is 0.0149 e. The molecule has 0 spiro atoms. The minimum atomic E-state index is 1.28. The molecule has 0 saturated carbocycles. The van der Waals surface area contributed by atoms with Crippen LogP contribution in [-0.2, 0) is 0 Å². The Bertz CT molecular complexity index is 808. The standard InChI is InChI=1S/C22H22/c1-15-8-10-19(11-9-15)20-12-13-21(17(3)14-20)22-7-5-6-16(2)18(22)4/h5-14H,1-4H3. The first kappa shape index (κ1) is 14.6. The van der Waals surface area contributed by atoms with Gasteiger partial charge in [0.25, 0.3) is 0 Å². The van der Waals surface area contributed by atoms with Crippen LogP contribution in [0, 0.1) is 27.7 Å². The summed E-state index contributed by atoms with van der Waals surface area (Å²) in [5, 5.41) is 0. The van der Waals surface area contributed by atoms with Gasteiger partial charge in [0.15, 0.2) is 0 Å². The van der Waals surface area contributed by atoms with E-state index in [4.69, 9.17) is 0 Å². The van der Waals surface area contributed by atoms with Crippen molar-refractivity contribution in [3.63, 3.8) is 0 Å². The molecule has 22 heavy (non-hydrogen) atoms. The Kier molecular flexibility index (Phi) is 3.85. The van der Waals surface area contributed by atoms with Crippen molar-refractivity contribution in [3.05, 3.63) is 82.9 Å². The van der Waals surface area contributed by atoms with Crippen molar-refractivity contribution in [2.45, 2.75) is 27.7 Å². The largest absolute Gasteiger partial charge is 0.0614 e. The normalized spacial score (nSPS) is 10.7. The molecular weight excluding hydrogens is 264 g/mol. The van der Waals surface area contributed by atoms with Crippen LogP contribution in [-0.4, -0.2) is 0 Å². The van der Waals surface area contributed by atoms with E-state index in [2.05, 4.69) is 88.4 Å². The van der Waals surface area contributed by atoms with Crippen molar-refractivity contribution in [3.8, 4) is 22.3 Å². The third-order valence-electron chi connectivity index (χ3n) is 4.51. The van der Waals surface area contributed by atoms with Gasteiger partial charge < -0.3 is 0 Å². The molecule has 0 fully saturated rings. The molecule has 0 aliphatic heterocycles. The number of benzene rings is 3. The highest BCUT2D eigenvalue weighted by Crippen LogP contribution is 2.31. The van der Waals surface area contributed by atoms with Crippen LogP contribution in [0.1, 0.15) is 22.3 Å². The van der Waals surface area contributed by atoms with Crippen molar-refractivity contribution < 1.29 is 0 Å². The molecule has 0 saturated heterocycles.